The van der Waals surface area contributed by atoms with E-state index in [9.17, 15) is 22.8 Å². The third-order valence-corrected chi connectivity index (χ3v) is 5.90. The first-order valence-electron chi connectivity index (χ1n) is 9.65. The Hall–Kier alpha value is -3.40. The number of hydrogen-bond acceptors (Lipinski definition) is 5. The SMILES string of the molecule is CCOc1ccc(-c2nsc3ccc(-n4c(=O)cc(C(F)(F)F)n(C)c4=O)cc23)cc1C. The maximum Gasteiger partial charge on any atom is 0.431 e. The minimum Gasteiger partial charge on any atom is -0.494 e. The third-order valence-electron chi connectivity index (χ3n) is 5.07. The molecular weight excluding hydrogens is 443 g/mol. The normalized spacial score (nSPS) is 11.8. The van der Waals surface area contributed by atoms with E-state index in [2.05, 4.69) is 4.37 Å². The highest BCUT2D eigenvalue weighted by Crippen LogP contribution is 2.34. The summed E-state index contributed by atoms with van der Waals surface area (Å²) in [5, 5.41) is 0.685. The monoisotopic (exact) mass is 461 g/mol. The molecule has 4 aromatic rings. The lowest BCUT2D eigenvalue weighted by atomic mass is 10.0. The number of fused-ring (bicyclic) bond motifs is 1. The molecule has 6 nitrogen and oxygen atoms in total. The van der Waals surface area contributed by atoms with E-state index in [1.54, 1.807) is 12.1 Å². The Bertz CT molecular complexity index is 1450. The predicted octanol–water partition coefficient (Wildman–Crippen LogP) is 4.54. The Labute approximate surface area is 184 Å². The lowest BCUT2D eigenvalue weighted by Gasteiger charge is -2.14. The summed E-state index contributed by atoms with van der Waals surface area (Å²) in [5.41, 5.74) is -0.868. The number of rotatable bonds is 4. The number of halogens is 3. The molecule has 2 aromatic heterocycles. The molecular formula is C22H18F3N3O3S. The molecule has 0 spiro atoms. The molecule has 166 valence electrons. The largest absolute Gasteiger partial charge is 0.494 e. The molecule has 0 amide bonds. The second kappa shape index (κ2) is 7.94. The summed E-state index contributed by atoms with van der Waals surface area (Å²) in [7, 11) is 0.986. The molecule has 0 saturated carbocycles. The third kappa shape index (κ3) is 3.70. The fourth-order valence-corrected chi connectivity index (χ4v) is 4.30. The van der Waals surface area contributed by atoms with Crippen molar-refractivity contribution in [3.63, 3.8) is 0 Å². The molecule has 0 N–H and O–H groups in total. The Morgan fingerprint density at radius 3 is 2.50 bits per heavy atom. The Morgan fingerprint density at radius 2 is 1.84 bits per heavy atom. The van der Waals surface area contributed by atoms with Crippen LogP contribution < -0.4 is 16.0 Å². The van der Waals surface area contributed by atoms with Crippen LogP contribution in [0.25, 0.3) is 27.0 Å². The smallest absolute Gasteiger partial charge is 0.431 e. The molecule has 4 rings (SSSR count). The summed E-state index contributed by atoms with van der Waals surface area (Å²) < 4.78 is 51.4. The van der Waals surface area contributed by atoms with Crippen molar-refractivity contribution < 1.29 is 17.9 Å². The number of hydrogen-bond donors (Lipinski definition) is 0. The van der Waals surface area contributed by atoms with Crippen LogP contribution in [0.2, 0.25) is 0 Å². The molecule has 0 bridgehead atoms. The van der Waals surface area contributed by atoms with Crippen molar-refractivity contribution >= 4 is 21.6 Å². The molecule has 32 heavy (non-hydrogen) atoms. The van der Waals surface area contributed by atoms with Crippen molar-refractivity contribution in [2.45, 2.75) is 20.0 Å². The van der Waals surface area contributed by atoms with Gasteiger partial charge in [0.15, 0.2) is 0 Å². The van der Waals surface area contributed by atoms with Gasteiger partial charge in [0.1, 0.15) is 11.4 Å². The number of alkyl halides is 3. The van der Waals surface area contributed by atoms with Gasteiger partial charge in [0.05, 0.1) is 22.7 Å². The van der Waals surface area contributed by atoms with E-state index in [-0.39, 0.29) is 5.69 Å². The van der Waals surface area contributed by atoms with Gasteiger partial charge in [0.25, 0.3) is 5.56 Å². The van der Waals surface area contributed by atoms with Gasteiger partial charge in [-0.1, -0.05) is 0 Å². The van der Waals surface area contributed by atoms with Gasteiger partial charge in [-0.3, -0.25) is 9.36 Å². The van der Waals surface area contributed by atoms with Gasteiger partial charge in [-0.15, -0.1) is 0 Å². The number of aryl methyl sites for hydroxylation is 1. The van der Waals surface area contributed by atoms with Crippen molar-refractivity contribution in [1.29, 1.82) is 0 Å². The first kappa shape index (κ1) is 21.8. The van der Waals surface area contributed by atoms with Crippen molar-refractivity contribution in [1.82, 2.24) is 13.5 Å². The van der Waals surface area contributed by atoms with E-state index >= 15 is 0 Å². The van der Waals surface area contributed by atoms with E-state index in [0.29, 0.717) is 28.3 Å². The number of benzene rings is 2. The van der Waals surface area contributed by atoms with Gasteiger partial charge in [-0.25, -0.2) is 9.36 Å². The highest BCUT2D eigenvalue weighted by Gasteiger charge is 2.35. The van der Waals surface area contributed by atoms with Crippen LogP contribution in [0.4, 0.5) is 13.2 Å². The molecule has 0 unspecified atom stereocenters. The van der Waals surface area contributed by atoms with E-state index in [0.717, 1.165) is 33.2 Å². The van der Waals surface area contributed by atoms with Gasteiger partial charge in [0.2, 0.25) is 0 Å². The zero-order valence-electron chi connectivity index (χ0n) is 17.4. The molecule has 0 fully saturated rings. The Morgan fingerprint density at radius 1 is 1.09 bits per heavy atom. The lowest BCUT2D eigenvalue weighted by Crippen LogP contribution is -2.40. The minimum absolute atomic E-state index is 0.168. The molecule has 0 aliphatic carbocycles. The van der Waals surface area contributed by atoms with Gasteiger partial charge >= 0.3 is 11.9 Å². The van der Waals surface area contributed by atoms with Gasteiger partial charge < -0.3 is 4.74 Å². The van der Waals surface area contributed by atoms with Gasteiger partial charge in [0, 0.05) is 24.1 Å². The van der Waals surface area contributed by atoms with Crippen LogP contribution in [0.5, 0.6) is 5.75 Å². The molecule has 2 heterocycles. The van der Waals surface area contributed by atoms with Crippen LogP contribution in [0.15, 0.2) is 52.1 Å². The van der Waals surface area contributed by atoms with Crippen molar-refractivity contribution in [3.05, 3.63) is 74.6 Å². The number of nitrogens with zero attached hydrogens (tertiary/aromatic N) is 3. The highest BCUT2D eigenvalue weighted by molar-refractivity contribution is 7.13. The average molecular weight is 461 g/mol. The first-order valence-corrected chi connectivity index (χ1v) is 10.4. The first-order chi connectivity index (χ1) is 15.1. The summed E-state index contributed by atoms with van der Waals surface area (Å²) in [6.07, 6.45) is -4.81. The highest BCUT2D eigenvalue weighted by atomic mass is 32.1. The Balaban J connectivity index is 1.88. The summed E-state index contributed by atoms with van der Waals surface area (Å²) >= 11 is 1.25. The second-order valence-corrected chi connectivity index (χ2v) is 7.97. The average Bonchev–Trinajstić information content (AvgIpc) is 3.15. The molecule has 2 aromatic carbocycles. The van der Waals surface area contributed by atoms with E-state index in [1.807, 2.05) is 32.0 Å². The van der Waals surface area contributed by atoms with Crippen molar-refractivity contribution in [3.8, 4) is 22.7 Å². The lowest BCUT2D eigenvalue weighted by molar-refractivity contribution is -0.144. The predicted molar refractivity (Wildman–Crippen MR) is 117 cm³/mol. The quantitative estimate of drug-likeness (QED) is 0.448. The molecule has 0 atom stereocenters. The molecule has 0 aliphatic rings. The summed E-state index contributed by atoms with van der Waals surface area (Å²) in [5.74, 6) is 0.760. The molecule has 0 radical (unpaired) electrons. The zero-order valence-corrected chi connectivity index (χ0v) is 18.2. The Kier molecular flexibility index (Phi) is 5.41. The molecule has 10 heteroatoms. The van der Waals surface area contributed by atoms with Crippen LogP contribution in [0.3, 0.4) is 0 Å². The zero-order chi connectivity index (χ0) is 23.2. The topological polar surface area (TPSA) is 66.1 Å². The van der Waals surface area contributed by atoms with Crippen LogP contribution in [-0.2, 0) is 13.2 Å². The minimum atomic E-state index is -4.81. The standard InChI is InChI=1S/C22H18F3N3O3S/c1-4-31-16-7-5-13(9-12(16)2)20-15-10-14(6-8-17(15)32-26-20)28-19(29)11-18(22(23,24)25)27(3)21(28)30/h5-11H,4H2,1-3H3. The fourth-order valence-electron chi connectivity index (χ4n) is 3.52. The summed E-state index contributed by atoms with van der Waals surface area (Å²) in [6.45, 7) is 4.36. The second-order valence-electron chi connectivity index (χ2n) is 7.17. The van der Waals surface area contributed by atoms with Gasteiger partial charge in [-0.2, -0.15) is 17.5 Å². The van der Waals surface area contributed by atoms with Crippen molar-refractivity contribution in [2.75, 3.05) is 6.61 Å². The molecule has 0 saturated heterocycles. The van der Waals surface area contributed by atoms with E-state index in [4.69, 9.17) is 4.74 Å². The number of aromatic nitrogens is 3. The van der Waals surface area contributed by atoms with Crippen LogP contribution in [0.1, 0.15) is 18.2 Å². The maximum atomic E-state index is 13.1. The van der Waals surface area contributed by atoms with E-state index in [1.165, 1.54) is 17.6 Å². The van der Waals surface area contributed by atoms with Crippen LogP contribution in [-0.4, -0.2) is 20.1 Å². The molecule has 0 aliphatic heterocycles. The van der Waals surface area contributed by atoms with Crippen LogP contribution in [0, 0.1) is 6.92 Å². The number of ether oxygens (including phenoxy) is 1. The fraction of sp³-hybridized carbons (Fsp3) is 0.227. The maximum absolute atomic E-state index is 13.1. The van der Waals surface area contributed by atoms with Crippen molar-refractivity contribution in [2.24, 2.45) is 7.05 Å². The van der Waals surface area contributed by atoms with E-state index < -0.39 is 23.1 Å². The summed E-state index contributed by atoms with van der Waals surface area (Å²) in [4.78, 5) is 25.1. The van der Waals surface area contributed by atoms with Gasteiger partial charge in [-0.05, 0) is 67.3 Å². The van der Waals surface area contributed by atoms with Crippen LogP contribution >= 0.6 is 11.5 Å². The summed E-state index contributed by atoms with van der Waals surface area (Å²) in [6, 6.07) is 10.9.